The summed E-state index contributed by atoms with van der Waals surface area (Å²) in [4.78, 5) is 23.8. The second-order valence-electron chi connectivity index (χ2n) is 5.50. The van der Waals surface area contributed by atoms with Crippen molar-refractivity contribution in [3.63, 3.8) is 0 Å². The van der Waals surface area contributed by atoms with Crippen LogP contribution in [0, 0.1) is 5.92 Å². The number of hydrogen-bond donors (Lipinski definition) is 3. The van der Waals surface area contributed by atoms with Gasteiger partial charge < -0.3 is 16.4 Å². The number of carbonyl (C=O) groups is 2. The largest absolute Gasteiger partial charge is 0.345 e. The second kappa shape index (κ2) is 9.92. The van der Waals surface area contributed by atoms with Crippen LogP contribution in [0.15, 0.2) is 0 Å². The van der Waals surface area contributed by atoms with Crippen LogP contribution in [0.2, 0.25) is 0 Å². The Balaban J connectivity index is 4.31. The molecule has 0 aromatic heterocycles. The minimum Gasteiger partial charge on any atom is -0.345 e. The minimum atomic E-state index is -0.381. The molecule has 4 N–H and O–H groups in total. The molecule has 0 radical (unpaired) electrons. The van der Waals surface area contributed by atoms with E-state index in [0.717, 1.165) is 12.8 Å². The summed E-state index contributed by atoms with van der Waals surface area (Å²) in [5, 5.41) is 5.86. The van der Waals surface area contributed by atoms with Crippen LogP contribution in [0.25, 0.3) is 0 Å². The van der Waals surface area contributed by atoms with Crippen LogP contribution < -0.4 is 16.4 Å². The van der Waals surface area contributed by atoms with Gasteiger partial charge in [0.1, 0.15) is 0 Å². The summed E-state index contributed by atoms with van der Waals surface area (Å²) < 4.78 is 0. The van der Waals surface area contributed by atoms with E-state index in [-0.39, 0.29) is 36.2 Å². The van der Waals surface area contributed by atoms with Crippen LogP contribution >= 0.6 is 0 Å². The van der Waals surface area contributed by atoms with E-state index in [9.17, 15) is 9.59 Å². The van der Waals surface area contributed by atoms with Gasteiger partial charge in [0, 0.05) is 12.0 Å². The third-order valence-electron chi connectivity index (χ3n) is 2.87. The molecule has 0 aromatic carbocycles. The highest BCUT2D eigenvalue weighted by atomic mass is 16.2. The predicted molar refractivity (Wildman–Crippen MR) is 77.8 cm³/mol. The van der Waals surface area contributed by atoms with Gasteiger partial charge in [0.25, 0.3) is 0 Å². The van der Waals surface area contributed by atoms with E-state index in [1.165, 1.54) is 0 Å². The van der Waals surface area contributed by atoms with E-state index in [0.29, 0.717) is 13.0 Å². The highest BCUT2D eigenvalue weighted by Crippen LogP contribution is 2.07. The third kappa shape index (κ3) is 8.72. The molecule has 0 heterocycles. The average Bonchev–Trinajstić information content (AvgIpc) is 2.34. The lowest BCUT2D eigenvalue weighted by atomic mass is 9.97. The second-order valence-corrected chi connectivity index (χ2v) is 5.50. The Hall–Kier alpha value is -0.940. The first-order valence-corrected chi connectivity index (χ1v) is 7.15. The number of ketones is 1. The van der Waals surface area contributed by atoms with Gasteiger partial charge in [0.05, 0.1) is 12.6 Å². The van der Waals surface area contributed by atoms with Crippen molar-refractivity contribution in [2.24, 2.45) is 11.7 Å². The van der Waals surface area contributed by atoms with Crippen molar-refractivity contribution in [2.45, 2.75) is 59.0 Å². The summed E-state index contributed by atoms with van der Waals surface area (Å²) in [6, 6.07) is -0.129. The number of Topliss-reactive ketones (excluding diaryl/α,β-unsaturated/α-hetero) is 1. The van der Waals surface area contributed by atoms with Crippen LogP contribution in [-0.2, 0) is 9.59 Å². The zero-order chi connectivity index (χ0) is 14.8. The Kier molecular flexibility index (Phi) is 9.43. The van der Waals surface area contributed by atoms with Gasteiger partial charge in [0.15, 0.2) is 5.78 Å². The normalized spacial score (nSPS) is 12.8. The van der Waals surface area contributed by atoms with Crippen molar-refractivity contribution >= 4 is 11.7 Å². The number of nitrogens with one attached hydrogen (secondary N) is 2. The zero-order valence-electron chi connectivity index (χ0n) is 12.7. The molecule has 0 bridgehead atoms. The molecule has 1 amide bonds. The molecule has 0 unspecified atom stereocenters. The molecule has 0 aromatic rings. The number of amides is 1. The molecule has 0 saturated heterocycles. The number of unbranched alkanes of at least 4 members (excludes halogenated alkanes) is 1. The van der Waals surface area contributed by atoms with Crippen LogP contribution in [0.3, 0.4) is 0 Å². The topological polar surface area (TPSA) is 84.2 Å². The van der Waals surface area contributed by atoms with Crippen LogP contribution in [0.5, 0.6) is 0 Å². The Morgan fingerprint density at radius 3 is 2.21 bits per heavy atom. The minimum absolute atomic E-state index is 0.0683. The first-order chi connectivity index (χ1) is 8.88. The van der Waals surface area contributed by atoms with Crippen molar-refractivity contribution in [1.82, 2.24) is 10.6 Å². The van der Waals surface area contributed by atoms with Crippen molar-refractivity contribution in [3.05, 3.63) is 0 Å². The van der Waals surface area contributed by atoms with Crippen molar-refractivity contribution in [3.8, 4) is 0 Å². The highest BCUT2D eigenvalue weighted by molar-refractivity contribution is 5.90. The summed E-state index contributed by atoms with van der Waals surface area (Å²) in [6.45, 7) is 8.53. The quantitative estimate of drug-likeness (QED) is 0.514. The predicted octanol–water partition coefficient (Wildman–Crippen LogP) is 0.823. The molecule has 0 spiro atoms. The van der Waals surface area contributed by atoms with Crippen molar-refractivity contribution in [1.29, 1.82) is 0 Å². The van der Waals surface area contributed by atoms with Gasteiger partial charge in [0.2, 0.25) is 5.91 Å². The maximum absolute atomic E-state index is 12.0. The standard InChI is InChI=1S/C14H29N3O2/c1-10(2)14(19)12(7-5-6-8-15)17-13(18)9-16-11(3)4/h10-12,16H,5-9,15H2,1-4H3,(H,17,18)/t12-/m0/s1. The number of rotatable bonds is 10. The smallest absolute Gasteiger partial charge is 0.234 e. The third-order valence-corrected chi connectivity index (χ3v) is 2.87. The molecule has 5 nitrogen and oxygen atoms in total. The van der Waals surface area contributed by atoms with E-state index in [4.69, 9.17) is 5.73 Å². The first-order valence-electron chi connectivity index (χ1n) is 7.15. The molecule has 0 fully saturated rings. The Bertz CT molecular complexity index is 278. The maximum atomic E-state index is 12.0. The fourth-order valence-corrected chi connectivity index (χ4v) is 1.72. The Labute approximate surface area is 116 Å². The lowest BCUT2D eigenvalue weighted by molar-refractivity contribution is -0.129. The van der Waals surface area contributed by atoms with Gasteiger partial charge in [-0.2, -0.15) is 0 Å². The average molecular weight is 271 g/mol. The van der Waals surface area contributed by atoms with Gasteiger partial charge in [-0.25, -0.2) is 0 Å². The number of carbonyl (C=O) groups excluding carboxylic acids is 2. The van der Waals surface area contributed by atoms with Gasteiger partial charge >= 0.3 is 0 Å². The summed E-state index contributed by atoms with van der Waals surface area (Å²) in [6.07, 6.45) is 2.40. The summed E-state index contributed by atoms with van der Waals surface area (Å²) >= 11 is 0. The molecule has 0 aliphatic carbocycles. The molecule has 112 valence electrons. The maximum Gasteiger partial charge on any atom is 0.234 e. The van der Waals surface area contributed by atoms with E-state index >= 15 is 0 Å². The Morgan fingerprint density at radius 2 is 1.74 bits per heavy atom. The first kappa shape index (κ1) is 18.1. The molecule has 0 rings (SSSR count). The van der Waals surface area contributed by atoms with Gasteiger partial charge in [-0.05, 0) is 25.8 Å². The molecule has 5 heteroatoms. The van der Waals surface area contributed by atoms with Crippen molar-refractivity contribution < 1.29 is 9.59 Å². The van der Waals surface area contributed by atoms with Crippen LogP contribution in [0.4, 0.5) is 0 Å². The van der Waals surface area contributed by atoms with Crippen LogP contribution in [0.1, 0.15) is 47.0 Å². The molecular weight excluding hydrogens is 242 g/mol. The summed E-state index contributed by atoms with van der Waals surface area (Å²) in [7, 11) is 0. The fourth-order valence-electron chi connectivity index (χ4n) is 1.72. The molecule has 0 aliphatic rings. The van der Waals surface area contributed by atoms with Gasteiger partial charge in [-0.15, -0.1) is 0 Å². The van der Waals surface area contributed by atoms with E-state index in [2.05, 4.69) is 10.6 Å². The zero-order valence-corrected chi connectivity index (χ0v) is 12.7. The number of nitrogens with two attached hydrogens (primary N) is 1. The van der Waals surface area contributed by atoms with Crippen molar-refractivity contribution in [2.75, 3.05) is 13.1 Å². The van der Waals surface area contributed by atoms with E-state index < -0.39 is 0 Å². The monoisotopic (exact) mass is 271 g/mol. The molecule has 0 aliphatic heterocycles. The van der Waals surface area contributed by atoms with Crippen LogP contribution in [-0.4, -0.2) is 36.9 Å². The SMILES string of the molecule is CC(C)NCC(=O)N[C@@H](CCCCN)C(=O)C(C)C. The number of hydrogen-bond acceptors (Lipinski definition) is 4. The molecule has 0 saturated carbocycles. The summed E-state index contributed by atoms with van der Waals surface area (Å²) in [5.41, 5.74) is 5.45. The fraction of sp³-hybridized carbons (Fsp3) is 0.857. The molecular formula is C14H29N3O2. The lowest BCUT2D eigenvalue weighted by Gasteiger charge is -2.20. The molecule has 1 atom stereocenters. The lowest BCUT2D eigenvalue weighted by Crippen LogP contribution is -2.46. The highest BCUT2D eigenvalue weighted by Gasteiger charge is 2.22. The summed E-state index contributed by atoms with van der Waals surface area (Å²) in [5.74, 6) is -0.100. The van der Waals surface area contributed by atoms with E-state index in [1.807, 2.05) is 27.7 Å². The van der Waals surface area contributed by atoms with Gasteiger partial charge in [-0.1, -0.05) is 27.7 Å². The van der Waals surface area contributed by atoms with E-state index in [1.54, 1.807) is 0 Å². The van der Waals surface area contributed by atoms with Gasteiger partial charge in [-0.3, -0.25) is 9.59 Å². The Morgan fingerprint density at radius 1 is 1.11 bits per heavy atom. The molecule has 19 heavy (non-hydrogen) atoms.